The van der Waals surface area contributed by atoms with Crippen molar-refractivity contribution in [2.75, 3.05) is 13.1 Å². The normalized spacial score (nSPS) is 11.6. The van der Waals surface area contributed by atoms with Gasteiger partial charge in [0.2, 0.25) is 5.43 Å². The third-order valence-corrected chi connectivity index (χ3v) is 3.73. The molecule has 120 valence electrons. The predicted octanol–water partition coefficient (Wildman–Crippen LogP) is 2.25. The van der Waals surface area contributed by atoms with Crippen LogP contribution in [-0.4, -0.2) is 32.8 Å². The van der Waals surface area contributed by atoms with E-state index in [4.69, 9.17) is 0 Å². The van der Waals surface area contributed by atoms with Crippen LogP contribution in [0.4, 0.5) is 0 Å². The van der Waals surface area contributed by atoms with Crippen LogP contribution in [0.25, 0.3) is 0 Å². The first-order chi connectivity index (χ1) is 9.96. The Labute approximate surface area is 126 Å². The highest BCUT2D eigenvalue weighted by atomic mass is 16.3. The van der Waals surface area contributed by atoms with Crippen molar-refractivity contribution < 1.29 is 10.2 Å². The molecule has 0 unspecified atom stereocenters. The van der Waals surface area contributed by atoms with Crippen molar-refractivity contribution in [1.82, 2.24) is 9.47 Å². The Hall–Kier alpha value is -1.33. The third-order valence-electron chi connectivity index (χ3n) is 3.73. The lowest BCUT2D eigenvalue weighted by Crippen LogP contribution is -2.29. The number of aromatic nitrogens is 1. The van der Waals surface area contributed by atoms with Crippen LogP contribution in [0.15, 0.2) is 10.9 Å². The average Bonchev–Trinajstić information content (AvgIpc) is 2.46. The molecule has 1 rings (SSSR count). The Morgan fingerprint density at radius 1 is 1.33 bits per heavy atom. The first-order valence-electron chi connectivity index (χ1n) is 7.75. The monoisotopic (exact) mass is 296 g/mol. The van der Waals surface area contributed by atoms with Gasteiger partial charge in [-0.25, -0.2) is 0 Å². The number of aromatic hydroxyl groups is 1. The maximum atomic E-state index is 11.9. The van der Waals surface area contributed by atoms with Gasteiger partial charge in [-0.15, -0.1) is 0 Å². The fourth-order valence-electron chi connectivity index (χ4n) is 2.58. The SMILES string of the molecule is CCCCN(CC)Cc1c(O)c(=O)cc(CO)n1C(C)C. The van der Waals surface area contributed by atoms with Gasteiger partial charge in [0.1, 0.15) is 0 Å². The molecule has 0 aliphatic heterocycles. The smallest absolute Gasteiger partial charge is 0.223 e. The van der Waals surface area contributed by atoms with Gasteiger partial charge < -0.3 is 14.8 Å². The van der Waals surface area contributed by atoms with E-state index in [1.165, 1.54) is 6.07 Å². The van der Waals surface area contributed by atoms with E-state index in [0.717, 1.165) is 25.9 Å². The molecule has 1 aromatic heterocycles. The van der Waals surface area contributed by atoms with Crippen LogP contribution in [0, 0.1) is 0 Å². The van der Waals surface area contributed by atoms with Crippen LogP contribution in [-0.2, 0) is 13.2 Å². The lowest BCUT2D eigenvalue weighted by Gasteiger charge is -2.27. The average molecular weight is 296 g/mol. The highest BCUT2D eigenvalue weighted by Crippen LogP contribution is 2.22. The fraction of sp³-hybridized carbons (Fsp3) is 0.688. The summed E-state index contributed by atoms with van der Waals surface area (Å²) in [5.74, 6) is -0.198. The predicted molar refractivity (Wildman–Crippen MR) is 84.5 cm³/mol. The Morgan fingerprint density at radius 3 is 2.48 bits per heavy atom. The molecule has 0 atom stereocenters. The van der Waals surface area contributed by atoms with E-state index in [1.807, 2.05) is 18.4 Å². The summed E-state index contributed by atoms with van der Waals surface area (Å²) in [5, 5.41) is 19.7. The Balaban J connectivity index is 3.25. The van der Waals surface area contributed by atoms with E-state index in [-0.39, 0.29) is 18.4 Å². The highest BCUT2D eigenvalue weighted by Gasteiger charge is 2.18. The summed E-state index contributed by atoms with van der Waals surface area (Å²) in [6.07, 6.45) is 2.19. The van der Waals surface area contributed by atoms with Gasteiger partial charge in [-0.3, -0.25) is 9.69 Å². The van der Waals surface area contributed by atoms with Gasteiger partial charge in [-0.1, -0.05) is 20.3 Å². The lowest BCUT2D eigenvalue weighted by molar-refractivity contribution is 0.244. The first-order valence-corrected chi connectivity index (χ1v) is 7.75. The van der Waals surface area contributed by atoms with Crippen molar-refractivity contribution in [3.63, 3.8) is 0 Å². The first kappa shape index (κ1) is 17.7. The van der Waals surface area contributed by atoms with Crippen LogP contribution in [0.1, 0.15) is 58.0 Å². The molecule has 1 aromatic rings. The summed E-state index contributed by atoms with van der Waals surface area (Å²) in [7, 11) is 0. The topological polar surface area (TPSA) is 65.7 Å². The zero-order chi connectivity index (χ0) is 16.0. The standard InChI is InChI=1S/C16H28N2O3/c1-5-7-8-17(6-2)10-14-16(21)15(20)9-13(11-19)18(14)12(3)4/h9,12,19,21H,5-8,10-11H2,1-4H3. The van der Waals surface area contributed by atoms with Crippen LogP contribution in [0.2, 0.25) is 0 Å². The van der Waals surface area contributed by atoms with E-state index in [9.17, 15) is 15.0 Å². The summed E-state index contributed by atoms with van der Waals surface area (Å²) >= 11 is 0. The molecular weight excluding hydrogens is 268 g/mol. The summed E-state index contributed by atoms with van der Waals surface area (Å²) < 4.78 is 1.87. The molecular formula is C16H28N2O3. The summed E-state index contributed by atoms with van der Waals surface area (Å²) in [6.45, 7) is 10.3. The van der Waals surface area contributed by atoms with Crippen molar-refractivity contribution >= 4 is 0 Å². The van der Waals surface area contributed by atoms with Gasteiger partial charge in [-0.05, 0) is 33.4 Å². The van der Waals surface area contributed by atoms with Crippen molar-refractivity contribution in [3.05, 3.63) is 27.7 Å². The zero-order valence-corrected chi connectivity index (χ0v) is 13.6. The molecule has 0 aliphatic carbocycles. The molecule has 0 aromatic carbocycles. The fourth-order valence-corrected chi connectivity index (χ4v) is 2.58. The van der Waals surface area contributed by atoms with E-state index in [2.05, 4.69) is 18.7 Å². The minimum absolute atomic E-state index is 0.0681. The molecule has 0 aliphatic rings. The molecule has 0 radical (unpaired) electrons. The molecule has 5 heteroatoms. The van der Waals surface area contributed by atoms with Crippen molar-refractivity contribution in [2.24, 2.45) is 0 Å². The quantitative estimate of drug-likeness (QED) is 0.772. The molecule has 1 heterocycles. The number of hydrogen-bond acceptors (Lipinski definition) is 4. The summed E-state index contributed by atoms with van der Waals surface area (Å²) in [4.78, 5) is 14.1. The van der Waals surface area contributed by atoms with E-state index in [1.54, 1.807) is 0 Å². The Morgan fingerprint density at radius 2 is 2.00 bits per heavy atom. The van der Waals surface area contributed by atoms with Gasteiger partial charge >= 0.3 is 0 Å². The second kappa shape index (κ2) is 8.20. The van der Waals surface area contributed by atoms with E-state index < -0.39 is 5.43 Å². The maximum Gasteiger partial charge on any atom is 0.223 e. The van der Waals surface area contributed by atoms with E-state index in [0.29, 0.717) is 17.9 Å². The van der Waals surface area contributed by atoms with Crippen LogP contribution in [0.3, 0.4) is 0 Å². The number of nitrogens with zero attached hydrogens (tertiary/aromatic N) is 2. The molecule has 5 nitrogen and oxygen atoms in total. The second-order valence-electron chi connectivity index (χ2n) is 5.64. The Bertz CT molecular complexity index is 509. The summed E-state index contributed by atoms with van der Waals surface area (Å²) in [6, 6.07) is 1.39. The molecule has 21 heavy (non-hydrogen) atoms. The van der Waals surface area contributed by atoms with Crippen LogP contribution in [0.5, 0.6) is 5.75 Å². The van der Waals surface area contributed by atoms with Gasteiger partial charge in [0, 0.05) is 24.3 Å². The van der Waals surface area contributed by atoms with Crippen molar-refractivity contribution in [3.8, 4) is 5.75 Å². The third kappa shape index (κ3) is 4.32. The van der Waals surface area contributed by atoms with Crippen LogP contribution >= 0.6 is 0 Å². The number of hydrogen-bond donors (Lipinski definition) is 2. The molecule has 2 N–H and O–H groups in total. The summed E-state index contributed by atoms with van der Waals surface area (Å²) in [5.41, 5.74) is 0.728. The second-order valence-corrected chi connectivity index (χ2v) is 5.64. The molecule has 0 bridgehead atoms. The number of aliphatic hydroxyl groups is 1. The minimum Gasteiger partial charge on any atom is -0.503 e. The maximum absolute atomic E-state index is 11.9. The Kier molecular flexibility index (Phi) is 6.92. The number of unbranched alkanes of at least 4 members (excludes halogenated alkanes) is 1. The number of aliphatic hydroxyl groups excluding tert-OH is 1. The zero-order valence-electron chi connectivity index (χ0n) is 13.6. The number of pyridine rings is 1. The van der Waals surface area contributed by atoms with Crippen molar-refractivity contribution in [1.29, 1.82) is 0 Å². The number of rotatable bonds is 8. The minimum atomic E-state index is -0.419. The van der Waals surface area contributed by atoms with Gasteiger partial charge in [0.15, 0.2) is 5.75 Å². The molecule has 0 saturated heterocycles. The van der Waals surface area contributed by atoms with Crippen molar-refractivity contribution in [2.45, 2.75) is 59.7 Å². The molecule has 0 amide bonds. The lowest BCUT2D eigenvalue weighted by atomic mass is 10.2. The molecule has 0 fully saturated rings. The van der Waals surface area contributed by atoms with Crippen LogP contribution < -0.4 is 5.43 Å². The molecule has 0 spiro atoms. The van der Waals surface area contributed by atoms with Gasteiger partial charge in [-0.2, -0.15) is 0 Å². The van der Waals surface area contributed by atoms with Gasteiger partial charge in [0.25, 0.3) is 0 Å². The largest absolute Gasteiger partial charge is 0.503 e. The van der Waals surface area contributed by atoms with Gasteiger partial charge in [0.05, 0.1) is 12.3 Å². The van der Waals surface area contributed by atoms with E-state index >= 15 is 0 Å². The molecule has 0 saturated carbocycles. The highest BCUT2D eigenvalue weighted by molar-refractivity contribution is 5.30.